The van der Waals surface area contributed by atoms with Gasteiger partial charge < -0.3 is 11.1 Å². The SMILES string of the molecule is Cc1cc(C(=O)NCC2CC2)cc(N)n1. The Morgan fingerprint density at radius 3 is 2.93 bits per heavy atom. The Kier molecular flexibility index (Phi) is 2.58. The van der Waals surface area contributed by atoms with E-state index in [1.807, 2.05) is 6.92 Å². The van der Waals surface area contributed by atoms with Gasteiger partial charge in [0.1, 0.15) is 5.82 Å². The summed E-state index contributed by atoms with van der Waals surface area (Å²) >= 11 is 0. The molecule has 1 fully saturated rings. The summed E-state index contributed by atoms with van der Waals surface area (Å²) in [5, 5.41) is 2.89. The maximum atomic E-state index is 11.7. The highest BCUT2D eigenvalue weighted by molar-refractivity contribution is 5.94. The number of hydrogen-bond donors (Lipinski definition) is 2. The molecule has 1 saturated carbocycles. The largest absolute Gasteiger partial charge is 0.384 e. The standard InChI is InChI=1S/C11H15N3O/c1-7-4-9(5-10(12)14-7)11(15)13-6-8-2-3-8/h4-5,8H,2-3,6H2,1H3,(H2,12,14)(H,13,15). The molecule has 0 atom stereocenters. The molecule has 1 aliphatic rings. The van der Waals surface area contributed by atoms with Crippen molar-refractivity contribution in [3.63, 3.8) is 0 Å². The number of amides is 1. The molecular weight excluding hydrogens is 190 g/mol. The zero-order valence-corrected chi connectivity index (χ0v) is 8.79. The average Bonchev–Trinajstić information content (AvgIpc) is 2.96. The fourth-order valence-electron chi connectivity index (χ4n) is 1.49. The van der Waals surface area contributed by atoms with Gasteiger partial charge in [0.15, 0.2) is 0 Å². The summed E-state index contributed by atoms with van der Waals surface area (Å²) in [4.78, 5) is 15.7. The minimum atomic E-state index is -0.0564. The Hall–Kier alpha value is -1.58. The lowest BCUT2D eigenvalue weighted by Gasteiger charge is -2.05. The number of nitrogens with one attached hydrogen (secondary N) is 1. The van der Waals surface area contributed by atoms with E-state index < -0.39 is 0 Å². The van der Waals surface area contributed by atoms with Gasteiger partial charge in [-0.2, -0.15) is 0 Å². The zero-order valence-electron chi connectivity index (χ0n) is 8.79. The van der Waals surface area contributed by atoms with Gasteiger partial charge in [-0.15, -0.1) is 0 Å². The topological polar surface area (TPSA) is 68.0 Å². The molecule has 15 heavy (non-hydrogen) atoms. The lowest BCUT2D eigenvalue weighted by atomic mass is 10.2. The van der Waals surface area contributed by atoms with E-state index in [9.17, 15) is 4.79 Å². The monoisotopic (exact) mass is 205 g/mol. The molecule has 1 heterocycles. The minimum Gasteiger partial charge on any atom is -0.384 e. The second-order valence-electron chi connectivity index (χ2n) is 4.08. The lowest BCUT2D eigenvalue weighted by Crippen LogP contribution is -2.25. The van der Waals surface area contributed by atoms with Gasteiger partial charge in [0.25, 0.3) is 5.91 Å². The van der Waals surface area contributed by atoms with E-state index in [1.54, 1.807) is 12.1 Å². The Bertz CT molecular complexity index is 365. The summed E-state index contributed by atoms with van der Waals surface area (Å²) in [7, 11) is 0. The van der Waals surface area contributed by atoms with Crippen molar-refractivity contribution in [1.82, 2.24) is 10.3 Å². The van der Waals surface area contributed by atoms with Crippen LogP contribution in [0.25, 0.3) is 0 Å². The molecule has 3 N–H and O–H groups in total. The van der Waals surface area contributed by atoms with Gasteiger partial charge in [-0.3, -0.25) is 4.79 Å². The highest BCUT2D eigenvalue weighted by Gasteiger charge is 2.21. The van der Waals surface area contributed by atoms with Crippen LogP contribution < -0.4 is 11.1 Å². The molecule has 1 aliphatic carbocycles. The van der Waals surface area contributed by atoms with Crippen LogP contribution in [-0.2, 0) is 0 Å². The molecule has 0 unspecified atom stereocenters. The summed E-state index contributed by atoms with van der Waals surface area (Å²) in [6, 6.07) is 3.35. The van der Waals surface area contributed by atoms with Gasteiger partial charge in [0.2, 0.25) is 0 Å². The third-order valence-corrected chi connectivity index (χ3v) is 2.48. The van der Waals surface area contributed by atoms with Gasteiger partial charge in [-0.05, 0) is 37.8 Å². The van der Waals surface area contributed by atoms with Crippen molar-refractivity contribution in [1.29, 1.82) is 0 Å². The fourth-order valence-corrected chi connectivity index (χ4v) is 1.49. The van der Waals surface area contributed by atoms with E-state index in [0.29, 0.717) is 17.3 Å². The number of anilines is 1. The molecule has 0 saturated heterocycles. The average molecular weight is 205 g/mol. The number of carbonyl (C=O) groups is 1. The molecule has 4 nitrogen and oxygen atoms in total. The van der Waals surface area contributed by atoms with Crippen LogP contribution in [0.1, 0.15) is 28.9 Å². The summed E-state index contributed by atoms with van der Waals surface area (Å²) in [6.45, 7) is 2.61. The Morgan fingerprint density at radius 1 is 1.60 bits per heavy atom. The number of hydrogen-bond acceptors (Lipinski definition) is 3. The van der Waals surface area contributed by atoms with Crippen LogP contribution in [0.5, 0.6) is 0 Å². The molecule has 4 heteroatoms. The molecule has 0 aliphatic heterocycles. The highest BCUT2D eigenvalue weighted by Crippen LogP contribution is 2.27. The zero-order chi connectivity index (χ0) is 10.8. The first-order valence-electron chi connectivity index (χ1n) is 5.17. The van der Waals surface area contributed by atoms with Crippen LogP contribution >= 0.6 is 0 Å². The molecule has 0 radical (unpaired) electrons. The van der Waals surface area contributed by atoms with Crippen LogP contribution in [0.4, 0.5) is 5.82 Å². The molecule has 0 aromatic carbocycles. The van der Waals surface area contributed by atoms with Gasteiger partial charge in [0, 0.05) is 17.8 Å². The maximum Gasteiger partial charge on any atom is 0.251 e. The number of nitrogens with two attached hydrogens (primary N) is 1. The molecule has 1 aromatic rings. The Labute approximate surface area is 88.9 Å². The summed E-state index contributed by atoms with van der Waals surface area (Å²) in [5.74, 6) is 1.03. The van der Waals surface area contributed by atoms with Crippen molar-refractivity contribution in [2.24, 2.45) is 5.92 Å². The predicted molar refractivity (Wildman–Crippen MR) is 58.4 cm³/mol. The quantitative estimate of drug-likeness (QED) is 0.776. The lowest BCUT2D eigenvalue weighted by molar-refractivity contribution is 0.0951. The van der Waals surface area contributed by atoms with Crippen molar-refractivity contribution in [2.75, 3.05) is 12.3 Å². The van der Waals surface area contributed by atoms with E-state index in [0.717, 1.165) is 12.2 Å². The first-order chi connectivity index (χ1) is 7.15. The number of nitrogen functional groups attached to an aromatic ring is 1. The third kappa shape index (κ3) is 2.68. The van der Waals surface area contributed by atoms with Crippen LogP contribution in [0.15, 0.2) is 12.1 Å². The number of aryl methyl sites for hydroxylation is 1. The van der Waals surface area contributed by atoms with Crippen LogP contribution in [0.2, 0.25) is 0 Å². The Balaban J connectivity index is 2.02. The van der Waals surface area contributed by atoms with Crippen LogP contribution in [0, 0.1) is 12.8 Å². The molecule has 0 bridgehead atoms. The van der Waals surface area contributed by atoms with Gasteiger partial charge in [-0.1, -0.05) is 0 Å². The van der Waals surface area contributed by atoms with Gasteiger partial charge in [0.05, 0.1) is 0 Å². The fraction of sp³-hybridized carbons (Fsp3) is 0.455. The normalized spacial score (nSPS) is 15.0. The summed E-state index contributed by atoms with van der Waals surface area (Å²) in [6.07, 6.45) is 2.47. The van der Waals surface area contributed by atoms with Crippen molar-refractivity contribution in [3.8, 4) is 0 Å². The molecule has 0 spiro atoms. The third-order valence-electron chi connectivity index (χ3n) is 2.48. The van der Waals surface area contributed by atoms with E-state index in [1.165, 1.54) is 12.8 Å². The number of pyridine rings is 1. The molecule has 1 aromatic heterocycles. The van der Waals surface area contributed by atoms with Crippen molar-refractivity contribution in [2.45, 2.75) is 19.8 Å². The number of aromatic nitrogens is 1. The molecule has 80 valence electrons. The van der Waals surface area contributed by atoms with Gasteiger partial charge >= 0.3 is 0 Å². The smallest absolute Gasteiger partial charge is 0.251 e. The molecular formula is C11H15N3O. The van der Waals surface area contributed by atoms with Crippen molar-refractivity contribution in [3.05, 3.63) is 23.4 Å². The highest BCUT2D eigenvalue weighted by atomic mass is 16.1. The van der Waals surface area contributed by atoms with E-state index in [-0.39, 0.29) is 5.91 Å². The van der Waals surface area contributed by atoms with Crippen molar-refractivity contribution < 1.29 is 4.79 Å². The van der Waals surface area contributed by atoms with Crippen LogP contribution in [0.3, 0.4) is 0 Å². The first-order valence-corrected chi connectivity index (χ1v) is 5.17. The van der Waals surface area contributed by atoms with E-state index >= 15 is 0 Å². The van der Waals surface area contributed by atoms with Crippen LogP contribution in [-0.4, -0.2) is 17.4 Å². The number of rotatable bonds is 3. The Morgan fingerprint density at radius 2 is 2.33 bits per heavy atom. The minimum absolute atomic E-state index is 0.0564. The van der Waals surface area contributed by atoms with E-state index in [4.69, 9.17) is 5.73 Å². The molecule has 1 amide bonds. The van der Waals surface area contributed by atoms with E-state index in [2.05, 4.69) is 10.3 Å². The number of nitrogens with zero attached hydrogens (tertiary/aromatic N) is 1. The second kappa shape index (κ2) is 3.88. The molecule has 2 rings (SSSR count). The maximum absolute atomic E-state index is 11.7. The second-order valence-corrected chi connectivity index (χ2v) is 4.08. The predicted octanol–water partition coefficient (Wildman–Crippen LogP) is 1.11. The van der Waals surface area contributed by atoms with Crippen molar-refractivity contribution >= 4 is 11.7 Å². The van der Waals surface area contributed by atoms with Gasteiger partial charge in [-0.25, -0.2) is 4.98 Å². The number of carbonyl (C=O) groups excluding carboxylic acids is 1. The summed E-state index contributed by atoms with van der Waals surface area (Å²) in [5.41, 5.74) is 6.94. The summed E-state index contributed by atoms with van der Waals surface area (Å²) < 4.78 is 0. The first kappa shape index (κ1) is 9.96.